The number of carbonyl (C=O) groups excluding carboxylic acids is 1. The van der Waals surface area contributed by atoms with Crippen LogP contribution < -0.4 is 0 Å². The number of Topliss-reactive ketones (excluding diaryl/α,β-unsaturated/α-hetero) is 1. The summed E-state index contributed by atoms with van der Waals surface area (Å²) in [6, 6.07) is 9.69. The fourth-order valence-electron chi connectivity index (χ4n) is 2.94. The van der Waals surface area contributed by atoms with Crippen LogP contribution in [0, 0.1) is 6.92 Å². The first-order valence-corrected chi connectivity index (χ1v) is 8.77. The van der Waals surface area contributed by atoms with Crippen molar-refractivity contribution in [3.05, 3.63) is 47.2 Å². The summed E-state index contributed by atoms with van der Waals surface area (Å²) in [6.07, 6.45) is -0.915. The van der Waals surface area contributed by atoms with Gasteiger partial charge in [0.2, 0.25) is 12.1 Å². The van der Waals surface area contributed by atoms with E-state index in [-0.39, 0.29) is 11.2 Å². The van der Waals surface area contributed by atoms with Gasteiger partial charge in [-0.3, -0.25) is 4.79 Å². The van der Waals surface area contributed by atoms with Crippen LogP contribution >= 0.6 is 0 Å². The molecule has 0 atom stereocenters. The summed E-state index contributed by atoms with van der Waals surface area (Å²) >= 11 is 0. The Morgan fingerprint density at radius 2 is 1.64 bits per heavy atom. The molecule has 136 valence electrons. The molecule has 4 heteroatoms. The molecule has 0 spiro atoms. The predicted molar refractivity (Wildman–Crippen MR) is 99.0 cm³/mol. The lowest BCUT2D eigenvalue weighted by Gasteiger charge is -2.17. The third kappa shape index (κ3) is 4.20. The largest absolute Gasteiger partial charge is 0.459 e. The fraction of sp³-hybridized carbons (Fsp3) is 0.476. The van der Waals surface area contributed by atoms with E-state index in [1.54, 1.807) is 0 Å². The zero-order chi connectivity index (χ0) is 18.6. The summed E-state index contributed by atoms with van der Waals surface area (Å²) < 4.78 is 17.2. The summed E-state index contributed by atoms with van der Waals surface area (Å²) in [4.78, 5) is 13.2. The van der Waals surface area contributed by atoms with E-state index in [1.807, 2.05) is 51.1 Å². The molecule has 0 aliphatic rings. The molecule has 1 heterocycles. The first kappa shape index (κ1) is 19.4. The maximum atomic E-state index is 13.2. The number of carbonyl (C=O) groups is 1. The molecule has 25 heavy (non-hydrogen) atoms. The minimum Gasteiger partial charge on any atom is -0.459 e. The second-order valence-electron chi connectivity index (χ2n) is 6.98. The maximum Gasteiger partial charge on any atom is 0.222 e. The van der Waals surface area contributed by atoms with Crippen molar-refractivity contribution in [3.63, 3.8) is 0 Å². The van der Waals surface area contributed by atoms with Crippen molar-refractivity contribution >= 4 is 5.78 Å². The predicted octanol–water partition coefficient (Wildman–Crippen LogP) is 5.13. The smallest absolute Gasteiger partial charge is 0.222 e. The minimum atomic E-state index is -0.915. The summed E-state index contributed by atoms with van der Waals surface area (Å²) in [5, 5.41) is 0. The van der Waals surface area contributed by atoms with Crippen LogP contribution in [0.3, 0.4) is 0 Å². The van der Waals surface area contributed by atoms with Crippen molar-refractivity contribution in [1.82, 2.24) is 0 Å². The molecular weight excluding hydrogens is 316 g/mol. The van der Waals surface area contributed by atoms with Crippen LogP contribution in [-0.2, 0) is 14.9 Å². The third-order valence-corrected chi connectivity index (χ3v) is 3.96. The molecule has 0 bridgehead atoms. The molecule has 0 N–H and O–H groups in total. The molecule has 2 aromatic rings. The van der Waals surface area contributed by atoms with Gasteiger partial charge in [0.15, 0.2) is 0 Å². The SMILES string of the molecule is CCOC(OCC)C(=O)c1c(-c2ccccc2)oc(C(C)(C)C)c1C. The average Bonchev–Trinajstić information content (AvgIpc) is 2.92. The lowest BCUT2D eigenvalue weighted by molar-refractivity contribution is -0.107. The molecule has 0 unspecified atom stereocenters. The highest BCUT2D eigenvalue weighted by Gasteiger charge is 2.33. The van der Waals surface area contributed by atoms with Crippen LogP contribution in [0.25, 0.3) is 11.3 Å². The monoisotopic (exact) mass is 344 g/mol. The normalized spacial score (nSPS) is 12.0. The zero-order valence-electron chi connectivity index (χ0n) is 16.0. The van der Waals surface area contributed by atoms with E-state index in [1.165, 1.54) is 0 Å². The van der Waals surface area contributed by atoms with Crippen molar-refractivity contribution in [2.24, 2.45) is 0 Å². The average molecular weight is 344 g/mol. The van der Waals surface area contributed by atoms with Crippen LogP contribution in [0.5, 0.6) is 0 Å². The number of ether oxygens (including phenoxy) is 2. The highest BCUT2D eigenvalue weighted by molar-refractivity contribution is 6.05. The Morgan fingerprint density at radius 3 is 2.12 bits per heavy atom. The van der Waals surface area contributed by atoms with Gasteiger partial charge in [0.1, 0.15) is 11.5 Å². The second kappa shape index (κ2) is 7.98. The molecule has 0 saturated carbocycles. The lowest BCUT2D eigenvalue weighted by atomic mass is 9.89. The third-order valence-electron chi connectivity index (χ3n) is 3.96. The lowest BCUT2D eigenvalue weighted by Crippen LogP contribution is -2.28. The summed E-state index contributed by atoms with van der Waals surface area (Å²) in [6.45, 7) is 12.7. The first-order chi connectivity index (χ1) is 11.8. The van der Waals surface area contributed by atoms with Gasteiger partial charge in [0.05, 0.1) is 5.56 Å². The van der Waals surface area contributed by atoms with Crippen molar-refractivity contribution in [2.75, 3.05) is 13.2 Å². The molecule has 0 amide bonds. The van der Waals surface area contributed by atoms with Crippen molar-refractivity contribution in [2.45, 2.75) is 53.2 Å². The van der Waals surface area contributed by atoms with Gasteiger partial charge in [-0.15, -0.1) is 0 Å². The Balaban J connectivity index is 2.62. The Labute approximate surface area is 150 Å². The molecule has 0 saturated heterocycles. The summed E-state index contributed by atoms with van der Waals surface area (Å²) in [5.74, 6) is 1.19. The van der Waals surface area contributed by atoms with Crippen LogP contribution in [0.1, 0.15) is 56.3 Å². The summed E-state index contributed by atoms with van der Waals surface area (Å²) in [7, 11) is 0. The quantitative estimate of drug-likeness (QED) is 0.516. The fourth-order valence-corrected chi connectivity index (χ4v) is 2.94. The van der Waals surface area contributed by atoms with Gasteiger partial charge in [-0.25, -0.2) is 0 Å². The Kier molecular flexibility index (Phi) is 6.20. The van der Waals surface area contributed by atoms with Crippen LogP contribution in [0.15, 0.2) is 34.7 Å². The molecular formula is C21H28O4. The van der Waals surface area contributed by atoms with Gasteiger partial charge in [0, 0.05) is 29.8 Å². The van der Waals surface area contributed by atoms with E-state index in [2.05, 4.69) is 20.8 Å². The molecule has 0 aliphatic heterocycles. The van der Waals surface area contributed by atoms with Crippen molar-refractivity contribution < 1.29 is 18.7 Å². The van der Waals surface area contributed by atoms with Gasteiger partial charge in [-0.1, -0.05) is 51.1 Å². The summed E-state index contributed by atoms with van der Waals surface area (Å²) in [5.41, 5.74) is 2.05. The second-order valence-corrected chi connectivity index (χ2v) is 6.98. The molecule has 1 aromatic heterocycles. The maximum absolute atomic E-state index is 13.2. The number of hydrogen-bond donors (Lipinski definition) is 0. The van der Waals surface area contributed by atoms with Crippen LogP contribution in [0.4, 0.5) is 0 Å². The molecule has 1 aromatic carbocycles. The molecule has 4 nitrogen and oxygen atoms in total. The molecule has 0 radical (unpaired) electrons. The van der Waals surface area contributed by atoms with Gasteiger partial charge in [-0.05, 0) is 20.8 Å². The van der Waals surface area contributed by atoms with E-state index in [0.29, 0.717) is 24.5 Å². The van der Waals surface area contributed by atoms with E-state index < -0.39 is 6.29 Å². The number of benzene rings is 1. The van der Waals surface area contributed by atoms with Gasteiger partial charge in [-0.2, -0.15) is 0 Å². The molecule has 2 rings (SSSR count). The van der Waals surface area contributed by atoms with Crippen LogP contribution in [-0.4, -0.2) is 25.3 Å². The van der Waals surface area contributed by atoms with E-state index in [0.717, 1.165) is 16.9 Å². The van der Waals surface area contributed by atoms with E-state index >= 15 is 0 Å². The van der Waals surface area contributed by atoms with E-state index in [4.69, 9.17) is 13.9 Å². The number of hydrogen-bond acceptors (Lipinski definition) is 4. The van der Waals surface area contributed by atoms with Gasteiger partial charge >= 0.3 is 0 Å². The van der Waals surface area contributed by atoms with Crippen LogP contribution in [0.2, 0.25) is 0 Å². The number of furan rings is 1. The standard InChI is InChI=1S/C21H28O4/c1-7-23-20(24-8-2)17(22)16-14(3)19(21(4,5)6)25-18(16)15-12-10-9-11-13-15/h9-13,20H,7-8H2,1-6H3. The topological polar surface area (TPSA) is 48.7 Å². The Hall–Kier alpha value is -1.91. The number of ketones is 1. The first-order valence-electron chi connectivity index (χ1n) is 8.77. The Bertz CT molecular complexity index is 701. The highest BCUT2D eigenvalue weighted by atomic mass is 16.7. The highest BCUT2D eigenvalue weighted by Crippen LogP contribution is 2.38. The van der Waals surface area contributed by atoms with Crippen molar-refractivity contribution in [1.29, 1.82) is 0 Å². The molecule has 0 aliphatic carbocycles. The van der Waals surface area contributed by atoms with Crippen molar-refractivity contribution in [3.8, 4) is 11.3 Å². The van der Waals surface area contributed by atoms with E-state index in [9.17, 15) is 4.79 Å². The van der Waals surface area contributed by atoms with Gasteiger partial charge in [0.25, 0.3) is 0 Å². The molecule has 0 fully saturated rings. The minimum absolute atomic E-state index is 0.195. The van der Waals surface area contributed by atoms with Gasteiger partial charge < -0.3 is 13.9 Å². The Morgan fingerprint density at radius 1 is 1.08 bits per heavy atom. The zero-order valence-corrected chi connectivity index (χ0v) is 16.0. The number of rotatable bonds is 7.